The van der Waals surface area contributed by atoms with Crippen molar-refractivity contribution in [3.05, 3.63) is 34.4 Å². The molecule has 0 saturated carbocycles. The first kappa shape index (κ1) is 12.5. The van der Waals surface area contributed by atoms with Gasteiger partial charge in [0.1, 0.15) is 0 Å². The molecule has 16 heavy (non-hydrogen) atoms. The third-order valence-electron chi connectivity index (χ3n) is 2.07. The molecule has 0 fully saturated rings. The van der Waals surface area contributed by atoms with Crippen molar-refractivity contribution < 1.29 is 18.0 Å². The number of carbonyl (C=O) groups excluding carboxylic acids is 1. The number of hydrogen-bond acceptors (Lipinski definition) is 2. The lowest BCUT2D eigenvalue weighted by molar-refractivity contribution is -0.137. The fourth-order valence-electron chi connectivity index (χ4n) is 1.20. The van der Waals surface area contributed by atoms with Gasteiger partial charge in [0.15, 0.2) is 0 Å². The van der Waals surface area contributed by atoms with Gasteiger partial charge in [-0.1, -0.05) is 0 Å². The molecule has 1 aromatic rings. The Balaban J connectivity index is 3.54. The molecule has 0 spiro atoms. The van der Waals surface area contributed by atoms with Crippen LogP contribution in [-0.4, -0.2) is 5.24 Å². The van der Waals surface area contributed by atoms with Gasteiger partial charge < -0.3 is 0 Å². The van der Waals surface area contributed by atoms with Crippen LogP contribution in [0.3, 0.4) is 0 Å². The molecule has 0 aliphatic rings. The number of nitriles is 1. The van der Waals surface area contributed by atoms with Gasteiger partial charge in [0.2, 0.25) is 0 Å². The van der Waals surface area contributed by atoms with E-state index < -0.39 is 17.0 Å². The van der Waals surface area contributed by atoms with Gasteiger partial charge in [-0.05, 0) is 36.2 Å². The molecule has 0 aromatic heterocycles. The van der Waals surface area contributed by atoms with Crippen LogP contribution in [0.5, 0.6) is 0 Å². The SMILES string of the molecule is Cc1c(C#N)cc(C(F)(F)F)cc1C(=O)Cl. The summed E-state index contributed by atoms with van der Waals surface area (Å²) in [5, 5.41) is 7.63. The molecule has 0 bridgehead atoms. The van der Waals surface area contributed by atoms with Crippen molar-refractivity contribution in [2.24, 2.45) is 0 Å². The minimum Gasteiger partial charge on any atom is -0.276 e. The van der Waals surface area contributed by atoms with Crippen LogP contribution in [0.4, 0.5) is 13.2 Å². The number of benzene rings is 1. The highest BCUT2D eigenvalue weighted by Gasteiger charge is 2.32. The van der Waals surface area contributed by atoms with E-state index in [-0.39, 0.29) is 16.7 Å². The highest BCUT2D eigenvalue weighted by Crippen LogP contribution is 2.32. The molecule has 84 valence electrons. The van der Waals surface area contributed by atoms with E-state index in [4.69, 9.17) is 16.9 Å². The molecule has 0 radical (unpaired) electrons. The second kappa shape index (κ2) is 4.14. The molecule has 0 aliphatic heterocycles. The third kappa shape index (κ3) is 2.34. The second-order valence-electron chi connectivity index (χ2n) is 3.08. The smallest absolute Gasteiger partial charge is 0.276 e. The molecule has 0 unspecified atom stereocenters. The topological polar surface area (TPSA) is 40.9 Å². The van der Waals surface area contributed by atoms with Gasteiger partial charge in [0, 0.05) is 5.56 Å². The largest absolute Gasteiger partial charge is 0.416 e. The van der Waals surface area contributed by atoms with E-state index in [1.807, 2.05) is 0 Å². The van der Waals surface area contributed by atoms with E-state index in [0.29, 0.717) is 12.1 Å². The fourth-order valence-corrected chi connectivity index (χ4v) is 1.39. The standard InChI is InChI=1S/C10H5ClF3NO/c1-5-6(4-15)2-7(10(12,13)14)3-8(5)9(11)16/h2-3H,1H3. The Morgan fingerprint density at radius 2 is 2.00 bits per heavy atom. The Labute approximate surface area is 94.2 Å². The van der Waals surface area contributed by atoms with Gasteiger partial charge in [-0.3, -0.25) is 4.79 Å². The maximum atomic E-state index is 12.4. The van der Waals surface area contributed by atoms with Crippen molar-refractivity contribution in [1.82, 2.24) is 0 Å². The summed E-state index contributed by atoms with van der Waals surface area (Å²) in [6.45, 7) is 1.37. The van der Waals surface area contributed by atoms with E-state index in [1.165, 1.54) is 6.92 Å². The predicted molar refractivity (Wildman–Crippen MR) is 51.1 cm³/mol. The van der Waals surface area contributed by atoms with E-state index in [2.05, 4.69) is 0 Å². The van der Waals surface area contributed by atoms with Crippen molar-refractivity contribution in [2.75, 3.05) is 0 Å². The van der Waals surface area contributed by atoms with Crippen LogP contribution in [0.2, 0.25) is 0 Å². The molecular formula is C10H5ClF3NO. The van der Waals surface area contributed by atoms with Gasteiger partial charge in [0.05, 0.1) is 17.2 Å². The van der Waals surface area contributed by atoms with Crippen LogP contribution in [0.1, 0.15) is 27.0 Å². The van der Waals surface area contributed by atoms with Crippen LogP contribution in [0.15, 0.2) is 12.1 Å². The van der Waals surface area contributed by atoms with Crippen LogP contribution < -0.4 is 0 Å². The molecule has 0 aliphatic carbocycles. The Kier molecular flexibility index (Phi) is 3.24. The Hall–Kier alpha value is -1.54. The maximum absolute atomic E-state index is 12.4. The number of carbonyl (C=O) groups is 1. The molecule has 0 amide bonds. The van der Waals surface area contributed by atoms with Crippen LogP contribution in [0.25, 0.3) is 0 Å². The third-order valence-corrected chi connectivity index (χ3v) is 2.27. The molecule has 0 atom stereocenters. The van der Waals surface area contributed by atoms with Crippen LogP contribution in [0, 0.1) is 18.3 Å². The fraction of sp³-hybridized carbons (Fsp3) is 0.200. The van der Waals surface area contributed by atoms with Crippen molar-refractivity contribution in [2.45, 2.75) is 13.1 Å². The highest BCUT2D eigenvalue weighted by atomic mass is 35.5. The van der Waals surface area contributed by atoms with E-state index >= 15 is 0 Å². The summed E-state index contributed by atoms with van der Waals surface area (Å²) in [7, 11) is 0. The van der Waals surface area contributed by atoms with Gasteiger partial charge in [-0.2, -0.15) is 18.4 Å². The molecular weight excluding hydrogens is 243 g/mol. The lowest BCUT2D eigenvalue weighted by Gasteiger charge is -2.10. The summed E-state index contributed by atoms with van der Waals surface area (Å²) < 4.78 is 37.2. The minimum absolute atomic E-state index is 0.149. The average molecular weight is 248 g/mol. The van der Waals surface area contributed by atoms with Crippen molar-refractivity contribution in [3.63, 3.8) is 0 Å². The zero-order chi connectivity index (χ0) is 12.5. The molecule has 0 heterocycles. The van der Waals surface area contributed by atoms with Gasteiger partial charge in [0.25, 0.3) is 5.24 Å². The number of nitrogens with zero attached hydrogens (tertiary/aromatic N) is 1. The Morgan fingerprint density at radius 1 is 1.44 bits per heavy atom. The molecule has 6 heteroatoms. The molecule has 2 nitrogen and oxygen atoms in total. The lowest BCUT2D eigenvalue weighted by atomic mass is 10.00. The molecule has 1 aromatic carbocycles. The van der Waals surface area contributed by atoms with Gasteiger partial charge in [-0.15, -0.1) is 0 Å². The Morgan fingerprint density at radius 3 is 2.38 bits per heavy atom. The maximum Gasteiger partial charge on any atom is 0.416 e. The normalized spacial score (nSPS) is 11.0. The second-order valence-corrected chi connectivity index (χ2v) is 3.42. The zero-order valence-corrected chi connectivity index (χ0v) is 8.78. The molecule has 0 saturated heterocycles. The van der Waals surface area contributed by atoms with Gasteiger partial charge >= 0.3 is 6.18 Å². The highest BCUT2D eigenvalue weighted by molar-refractivity contribution is 6.68. The number of halogens is 4. The first-order valence-electron chi connectivity index (χ1n) is 4.09. The first-order chi connectivity index (χ1) is 7.27. The summed E-state index contributed by atoms with van der Waals surface area (Å²) >= 11 is 5.14. The monoisotopic (exact) mass is 247 g/mol. The summed E-state index contributed by atoms with van der Waals surface area (Å²) in [5.41, 5.74) is -1.42. The zero-order valence-electron chi connectivity index (χ0n) is 8.02. The first-order valence-corrected chi connectivity index (χ1v) is 4.47. The summed E-state index contributed by atoms with van der Waals surface area (Å²) in [4.78, 5) is 10.9. The number of rotatable bonds is 1. The summed E-state index contributed by atoms with van der Waals surface area (Å²) in [6, 6.07) is 2.93. The number of hydrogen-bond donors (Lipinski definition) is 0. The Bertz CT molecular complexity index is 488. The van der Waals surface area contributed by atoms with Crippen molar-refractivity contribution >= 4 is 16.8 Å². The van der Waals surface area contributed by atoms with Crippen LogP contribution >= 0.6 is 11.6 Å². The predicted octanol–water partition coefficient (Wildman–Crippen LogP) is 3.26. The molecule has 1 rings (SSSR count). The quantitative estimate of drug-likeness (QED) is 0.715. The summed E-state index contributed by atoms with van der Waals surface area (Å²) in [6.07, 6.45) is -4.61. The summed E-state index contributed by atoms with van der Waals surface area (Å²) in [5.74, 6) is 0. The van der Waals surface area contributed by atoms with E-state index in [9.17, 15) is 18.0 Å². The van der Waals surface area contributed by atoms with Crippen LogP contribution in [-0.2, 0) is 6.18 Å². The van der Waals surface area contributed by atoms with Crippen molar-refractivity contribution in [3.8, 4) is 6.07 Å². The minimum atomic E-state index is -4.61. The number of alkyl halides is 3. The van der Waals surface area contributed by atoms with Gasteiger partial charge in [-0.25, -0.2) is 0 Å². The van der Waals surface area contributed by atoms with E-state index in [1.54, 1.807) is 6.07 Å². The lowest BCUT2D eigenvalue weighted by Crippen LogP contribution is -2.08. The van der Waals surface area contributed by atoms with Crippen molar-refractivity contribution in [1.29, 1.82) is 5.26 Å². The molecule has 0 N–H and O–H groups in total. The average Bonchev–Trinajstić information content (AvgIpc) is 2.15. The van der Waals surface area contributed by atoms with E-state index in [0.717, 1.165) is 0 Å².